The van der Waals surface area contributed by atoms with Gasteiger partial charge in [-0.05, 0) is 37.5 Å². The number of piperidine rings is 1. The number of fused-ring (bicyclic) bond motifs is 1. The fraction of sp³-hybridized carbons (Fsp3) is 0.389. The van der Waals surface area contributed by atoms with Crippen LogP contribution in [0.1, 0.15) is 47.2 Å². The molecule has 0 unspecified atom stereocenters. The third-order valence-corrected chi connectivity index (χ3v) is 4.93. The van der Waals surface area contributed by atoms with E-state index in [9.17, 15) is 13.6 Å². The third-order valence-electron chi connectivity index (χ3n) is 4.93. The predicted octanol–water partition coefficient (Wildman–Crippen LogP) is 3.48. The van der Waals surface area contributed by atoms with Crippen molar-refractivity contribution in [2.24, 2.45) is 0 Å². The molecule has 0 radical (unpaired) electrons. The van der Waals surface area contributed by atoms with Crippen LogP contribution in [0.5, 0.6) is 0 Å². The molecule has 3 heterocycles. The zero-order chi connectivity index (χ0) is 18.3. The third kappa shape index (κ3) is 2.95. The van der Waals surface area contributed by atoms with Gasteiger partial charge >= 0.3 is 6.55 Å². The summed E-state index contributed by atoms with van der Waals surface area (Å²) in [6.45, 7) is 0.411. The summed E-state index contributed by atoms with van der Waals surface area (Å²) in [5, 5.41) is 3.66. The number of hydrogen-bond acceptors (Lipinski definition) is 3. The molecular formula is C18H19F2N5O. The van der Waals surface area contributed by atoms with Crippen LogP contribution in [-0.2, 0) is 0 Å². The molecule has 1 fully saturated rings. The van der Waals surface area contributed by atoms with Crippen molar-refractivity contribution in [1.82, 2.24) is 24.6 Å². The second kappa shape index (κ2) is 6.51. The number of para-hydroxylation sites is 1. The minimum absolute atomic E-state index is 0.0584. The molecule has 2 aromatic heterocycles. The number of H-pyrrole nitrogens is 1. The normalized spacial score (nSPS) is 15.9. The lowest BCUT2D eigenvalue weighted by atomic mass is 9.96. The van der Waals surface area contributed by atoms with Crippen LogP contribution in [0.4, 0.5) is 8.78 Å². The number of benzene rings is 1. The van der Waals surface area contributed by atoms with E-state index in [4.69, 9.17) is 4.98 Å². The summed E-state index contributed by atoms with van der Waals surface area (Å²) in [5.41, 5.74) is 3.20. The average Bonchev–Trinajstić information content (AvgIpc) is 3.29. The molecule has 0 atom stereocenters. The van der Waals surface area contributed by atoms with E-state index in [0.29, 0.717) is 17.8 Å². The smallest absolute Gasteiger partial charge is 0.333 e. The molecular weight excluding hydrogens is 340 g/mol. The van der Waals surface area contributed by atoms with Crippen molar-refractivity contribution < 1.29 is 13.6 Å². The quantitative estimate of drug-likeness (QED) is 0.778. The lowest BCUT2D eigenvalue weighted by Gasteiger charge is -2.30. The van der Waals surface area contributed by atoms with E-state index in [2.05, 4.69) is 10.1 Å². The number of hydrogen-bond donors (Lipinski definition) is 1. The van der Waals surface area contributed by atoms with Crippen molar-refractivity contribution in [2.45, 2.75) is 32.2 Å². The van der Waals surface area contributed by atoms with Gasteiger partial charge in [0.25, 0.3) is 5.91 Å². The van der Waals surface area contributed by atoms with Gasteiger partial charge in [-0.1, -0.05) is 12.1 Å². The number of amides is 1. The molecule has 0 spiro atoms. The van der Waals surface area contributed by atoms with Gasteiger partial charge in [-0.15, -0.1) is 0 Å². The van der Waals surface area contributed by atoms with Crippen LogP contribution in [0.15, 0.2) is 30.5 Å². The number of aryl methyl sites for hydroxylation is 1. The van der Waals surface area contributed by atoms with Gasteiger partial charge in [0, 0.05) is 25.2 Å². The van der Waals surface area contributed by atoms with E-state index >= 15 is 0 Å². The zero-order valence-corrected chi connectivity index (χ0v) is 14.3. The van der Waals surface area contributed by atoms with Gasteiger partial charge in [-0.2, -0.15) is 13.9 Å². The first-order valence-corrected chi connectivity index (χ1v) is 8.61. The van der Waals surface area contributed by atoms with Crippen LogP contribution in [-0.4, -0.2) is 43.6 Å². The highest BCUT2D eigenvalue weighted by Gasteiger charge is 2.27. The Morgan fingerprint density at radius 1 is 1.27 bits per heavy atom. The minimum Gasteiger partial charge on any atom is -0.342 e. The van der Waals surface area contributed by atoms with Gasteiger partial charge in [-0.3, -0.25) is 4.79 Å². The number of aromatic nitrogens is 4. The van der Waals surface area contributed by atoms with Gasteiger partial charge in [0.2, 0.25) is 0 Å². The van der Waals surface area contributed by atoms with E-state index in [1.165, 1.54) is 6.07 Å². The average molecular weight is 359 g/mol. The highest BCUT2D eigenvalue weighted by atomic mass is 19.3. The number of carbonyl (C=O) groups is 1. The topological polar surface area (TPSA) is 66.8 Å². The van der Waals surface area contributed by atoms with Crippen LogP contribution in [0.2, 0.25) is 0 Å². The summed E-state index contributed by atoms with van der Waals surface area (Å²) in [6, 6.07) is 7.38. The Morgan fingerprint density at radius 2 is 2.04 bits per heavy atom. The number of imidazole rings is 1. The largest absolute Gasteiger partial charge is 0.342 e. The molecule has 0 bridgehead atoms. The van der Waals surface area contributed by atoms with E-state index < -0.39 is 6.55 Å². The van der Waals surface area contributed by atoms with Crippen LogP contribution in [0, 0.1) is 6.92 Å². The molecule has 1 amide bonds. The highest BCUT2D eigenvalue weighted by molar-refractivity contribution is 5.92. The maximum Gasteiger partial charge on any atom is 0.333 e. The van der Waals surface area contributed by atoms with E-state index in [1.807, 2.05) is 25.1 Å². The van der Waals surface area contributed by atoms with E-state index in [1.54, 1.807) is 4.90 Å². The highest BCUT2D eigenvalue weighted by Crippen LogP contribution is 2.29. The second-order valence-electron chi connectivity index (χ2n) is 6.62. The number of alkyl halides is 2. The minimum atomic E-state index is -2.74. The first kappa shape index (κ1) is 16.7. The predicted molar refractivity (Wildman–Crippen MR) is 92.2 cm³/mol. The number of nitrogens with zero attached hydrogens (tertiary/aromatic N) is 4. The first-order chi connectivity index (χ1) is 12.5. The van der Waals surface area contributed by atoms with Gasteiger partial charge in [0.15, 0.2) is 5.69 Å². The van der Waals surface area contributed by atoms with Crippen LogP contribution < -0.4 is 0 Å². The van der Waals surface area contributed by atoms with Crippen molar-refractivity contribution in [3.63, 3.8) is 0 Å². The van der Waals surface area contributed by atoms with E-state index in [0.717, 1.165) is 41.5 Å². The maximum absolute atomic E-state index is 12.6. The number of carbonyl (C=O) groups excluding carboxylic acids is 1. The lowest BCUT2D eigenvalue weighted by molar-refractivity contribution is 0.0547. The number of rotatable bonds is 3. The molecule has 1 saturated heterocycles. The number of aromatic amines is 1. The van der Waals surface area contributed by atoms with Gasteiger partial charge < -0.3 is 9.88 Å². The SMILES string of the molecule is Cc1cccc2[nH]c(C3CCN(C(=O)c4ccn(C(F)F)n4)CC3)nc12. The van der Waals surface area contributed by atoms with Gasteiger partial charge in [-0.25, -0.2) is 9.67 Å². The molecule has 1 aromatic carbocycles. The van der Waals surface area contributed by atoms with Crippen molar-refractivity contribution in [2.75, 3.05) is 13.1 Å². The van der Waals surface area contributed by atoms with Crippen LogP contribution in [0.3, 0.4) is 0 Å². The van der Waals surface area contributed by atoms with Gasteiger partial charge in [0.1, 0.15) is 5.82 Å². The van der Waals surface area contributed by atoms with Gasteiger partial charge in [0.05, 0.1) is 11.0 Å². The van der Waals surface area contributed by atoms with Crippen LogP contribution in [0.25, 0.3) is 11.0 Å². The fourth-order valence-corrected chi connectivity index (χ4v) is 3.47. The number of likely N-dealkylation sites (tertiary alicyclic amines) is 1. The molecule has 1 aliphatic rings. The first-order valence-electron chi connectivity index (χ1n) is 8.61. The summed E-state index contributed by atoms with van der Waals surface area (Å²) < 4.78 is 25.7. The Balaban J connectivity index is 1.44. The molecule has 136 valence electrons. The summed E-state index contributed by atoms with van der Waals surface area (Å²) in [4.78, 5) is 22.2. The summed E-state index contributed by atoms with van der Waals surface area (Å²) in [7, 11) is 0. The Morgan fingerprint density at radius 3 is 2.69 bits per heavy atom. The summed E-state index contributed by atoms with van der Waals surface area (Å²) in [5.74, 6) is 0.899. The van der Waals surface area contributed by atoms with E-state index in [-0.39, 0.29) is 17.5 Å². The molecule has 4 rings (SSSR count). The van der Waals surface area contributed by atoms with Crippen molar-refractivity contribution in [3.05, 3.63) is 47.5 Å². The van der Waals surface area contributed by atoms with Crippen molar-refractivity contribution in [3.8, 4) is 0 Å². The molecule has 0 saturated carbocycles. The number of nitrogens with one attached hydrogen (secondary N) is 1. The molecule has 26 heavy (non-hydrogen) atoms. The molecule has 6 nitrogen and oxygen atoms in total. The standard InChI is InChI=1S/C18H19F2N5O/c1-11-3-2-4-13-15(11)22-16(21-13)12-5-8-24(9-6-12)17(26)14-7-10-25(23-14)18(19)20/h2-4,7,10,12,18H,5-6,8-9H2,1H3,(H,21,22). The Bertz CT molecular complexity index is 940. The monoisotopic (exact) mass is 359 g/mol. The molecule has 8 heteroatoms. The molecule has 3 aromatic rings. The van der Waals surface area contributed by atoms with Crippen molar-refractivity contribution >= 4 is 16.9 Å². The summed E-state index contributed by atoms with van der Waals surface area (Å²) >= 11 is 0. The van der Waals surface area contributed by atoms with Crippen molar-refractivity contribution in [1.29, 1.82) is 0 Å². The molecule has 0 aliphatic carbocycles. The Kier molecular flexibility index (Phi) is 4.18. The zero-order valence-electron chi connectivity index (χ0n) is 14.3. The summed E-state index contributed by atoms with van der Waals surface area (Å²) in [6.07, 6.45) is 2.68. The fourth-order valence-electron chi connectivity index (χ4n) is 3.47. The molecule has 1 aliphatic heterocycles. The second-order valence-corrected chi connectivity index (χ2v) is 6.62. The van der Waals surface area contributed by atoms with Crippen LogP contribution >= 0.6 is 0 Å². The lowest BCUT2D eigenvalue weighted by Crippen LogP contribution is -2.38. The maximum atomic E-state index is 12.6. The Labute approximate surface area is 148 Å². The number of halogens is 2. The molecule has 1 N–H and O–H groups in total. The Hall–Kier alpha value is -2.77.